The summed E-state index contributed by atoms with van der Waals surface area (Å²) in [5.74, 6) is -0.813. The highest BCUT2D eigenvalue weighted by molar-refractivity contribution is 7.47. The molecule has 59 heavy (non-hydrogen) atoms. The van der Waals surface area contributed by atoms with Gasteiger partial charge >= 0.3 is 19.8 Å². The average molecular weight is 858 g/mol. The summed E-state index contributed by atoms with van der Waals surface area (Å²) in [4.78, 5) is 35.0. The van der Waals surface area contributed by atoms with E-state index in [0.29, 0.717) is 6.42 Å². The van der Waals surface area contributed by atoms with Crippen LogP contribution in [-0.2, 0) is 32.7 Å². The molecule has 0 heterocycles. The highest BCUT2D eigenvalue weighted by atomic mass is 31.2. The Morgan fingerprint density at radius 1 is 0.492 bits per heavy atom. The molecule has 0 aliphatic heterocycles. The lowest BCUT2D eigenvalue weighted by Crippen LogP contribution is -2.29. The van der Waals surface area contributed by atoms with Crippen LogP contribution in [0.4, 0.5) is 0 Å². The fourth-order valence-electron chi connectivity index (χ4n) is 7.40. The number of allylic oxidation sites excluding steroid dienone is 2. The first-order chi connectivity index (χ1) is 28.8. The van der Waals surface area contributed by atoms with Gasteiger partial charge in [-0.15, -0.1) is 0 Å². The number of hydrogen-bond donors (Lipinski definition) is 2. The summed E-state index contributed by atoms with van der Waals surface area (Å²) in [6.07, 6.45) is 49.6. The Kier molecular flexibility index (Phi) is 45.3. The number of phosphoric acid groups is 1. The van der Waals surface area contributed by atoms with Crippen molar-refractivity contribution in [2.24, 2.45) is 5.73 Å². The van der Waals surface area contributed by atoms with E-state index in [2.05, 4.69) is 26.0 Å². The van der Waals surface area contributed by atoms with Crippen LogP contribution in [0.2, 0.25) is 0 Å². The Morgan fingerprint density at radius 2 is 0.831 bits per heavy atom. The molecule has 0 bridgehead atoms. The number of carbonyl (C=O) groups excluding carboxylic acids is 2. The fourth-order valence-corrected chi connectivity index (χ4v) is 8.16. The van der Waals surface area contributed by atoms with Crippen LogP contribution in [0.1, 0.15) is 258 Å². The van der Waals surface area contributed by atoms with E-state index < -0.39 is 26.5 Å². The minimum absolute atomic E-state index is 0.0567. The molecule has 1 unspecified atom stereocenters. The van der Waals surface area contributed by atoms with Crippen LogP contribution in [0, 0.1) is 0 Å². The Morgan fingerprint density at radius 3 is 1.20 bits per heavy atom. The Bertz CT molecular complexity index is 980. The lowest BCUT2D eigenvalue weighted by molar-refractivity contribution is -0.161. The smallest absolute Gasteiger partial charge is 0.462 e. The van der Waals surface area contributed by atoms with Crippen molar-refractivity contribution in [2.75, 3.05) is 26.4 Å². The molecule has 0 aromatic carbocycles. The van der Waals surface area contributed by atoms with Crippen molar-refractivity contribution in [3.05, 3.63) is 12.2 Å². The molecule has 0 aromatic heterocycles. The number of unbranched alkanes of at least 4 members (excludes halogenated alkanes) is 33. The molecule has 0 rings (SSSR count). The summed E-state index contributed by atoms with van der Waals surface area (Å²) in [6.45, 7) is 3.78. The van der Waals surface area contributed by atoms with Gasteiger partial charge in [-0.25, -0.2) is 4.57 Å². The quantitative estimate of drug-likeness (QED) is 0.0265. The third-order valence-corrected chi connectivity index (χ3v) is 12.1. The summed E-state index contributed by atoms with van der Waals surface area (Å²) in [5.41, 5.74) is 5.36. The summed E-state index contributed by atoms with van der Waals surface area (Å²) in [5, 5.41) is 0. The van der Waals surface area contributed by atoms with Crippen LogP contribution in [0.25, 0.3) is 0 Å². The second-order valence-electron chi connectivity index (χ2n) is 17.0. The van der Waals surface area contributed by atoms with Crippen LogP contribution in [0.3, 0.4) is 0 Å². The van der Waals surface area contributed by atoms with Crippen LogP contribution in [-0.4, -0.2) is 49.3 Å². The van der Waals surface area contributed by atoms with Crippen molar-refractivity contribution in [3.8, 4) is 0 Å². The zero-order valence-electron chi connectivity index (χ0n) is 38.8. The minimum Gasteiger partial charge on any atom is -0.462 e. The zero-order chi connectivity index (χ0) is 43.2. The summed E-state index contributed by atoms with van der Waals surface area (Å²) in [6, 6.07) is 0. The van der Waals surface area contributed by atoms with Gasteiger partial charge in [0.25, 0.3) is 0 Å². The molecule has 2 atom stereocenters. The van der Waals surface area contributed by atoms with E-state index in [1.54, 1.807) is 0 Å². The number of phosphoric ester groups is 1. The van der Waals surface area contributed by atoms with Gasteiger partial charge in [0, 0.05) is 19.4 Å². The fraction of sp³-hybridized carbons (Fsp3) is 0.918. The number of ether oxygens (including phenoxy) is 2. The maximum Gasteiger partial charge on any atom is 0.472 e. The number of nitrogens with two attached hydrogens (primary N) is 1. The molecule has 0 aliphatic carbocycles. The van der Waals surface area contributed by atoms with Gasteiger partial charge in [-0.05, 0) is 38.5 Å². The molecule has 0 fully saturated rings. The molecule has 0 aliphatic rings. The predicted octanol–water partition coefficient (Wildman–Crippen LogP) is 15.0. The third-order valence-electron chi connectivity index (χ3n) is 11.2. The van der Waals surface area contributed by atoms with Gasteiger partial charge in [0.05, 0.1) is 13.2 Å². The van der Waals surface area contributed by atoms with E-state index in [1.165, 1.54) is 193 Å². The van der Waals surface area contributed by atoms with Gasteiger partial charge in [0.1, 0.15) is 6.61 Å². The van der Waals surface area contributed by atoms with Crippen molar-refractivity contribution in [1.29, 1.82) is 0 Å². The normalized spacial score (nSPS) is 13.2. The molecule has 0 amide bonds. The summed E-state index contributed by atoms with van der Waals surface area (Å²) < 4.78 is 32.9. The highest BCUT2D eigenvalue weighted by Crippen LogP contribution is 2.43. The van der Waals surface area contributed by atoms with E-state index in [0.717, 1.165) is 32.1 Å². The molecular weight excluding hydrogens is 762 g/mol. The molecule has 0 saturated heterocycles. The molecule has 0 radical (unpaired) electrons. The second-order valence-corrected chi connectivity index (χ2v) is 18.5. The van der Waals surface area contributed by atoms with Gasteiger partial charge in [0.15, 0.2) is 6.10 Å². The Hall–Kier alpha value is -1.25. The first-order valence-corrected chi connectivity index (χ1v) is 26.7. The van der Waals surface area contributed by atoms with Crippen LogP contribution in [0.5, 0.6) is 0 Å². The van der Waals surface area contributed by atoms with Crippen molar-refractivity contribution < 1.29 is 37.6 Å². The molecule has 0 saturated carbocycles. The lowest BCUT2D eigenvalue weighted by atomic mass is 10.0. The van der Waals surface area contributed by atoms with E-state index in [9.17, 15) is 19.0 Å². The standard InChI is InChI=1S/C49H96NO8P/c1-3-5-7-9-11-13-15-17-19-21-22-23-24-26-27-29-31-33-35-37-39-41-48(51)55-45-47(46-57-59(53,54)56-44-43-50)58-49(52)42-40-38-36-34-32-30-28-25-20-18-16-14-12-10-8-6-4-2/h17,19,47H,3-16,18,20-46,50H2,1-2H3,(H,53,54)/b19-17+/t47-/m1/s1. The number of carbonyl (C=O) groups is 2. The third kappa shape index (κ3) is 46.1. The predicted molar refractivity (Wildman–Crippen MR) is 248 cm³/mol. The second kappa shape index (κ2) is 46.3. The van der Waals surface area contributed by atoms with Gasteiger partial charge < -0.3 is 20.1 Å². The molecule has 0 spiro atoms. The van der Waals surface area contributed by atoms with Crippen molar-refractivity contribution >= 4 is 19.8 Å². The van der Waals surface area contributed by atoms with Crippen LogP contribution >= 0.6 is 7.82 Å². The van der Waals surface area contributed by atoms with Gasteiger partial charge in [-0.3, -0.25) is 18.6 Å². The molecular formula is C49H96NO8P. The number of rotatable bonds is 48. The van der Waals surface area contributed by atoms with Crippen LogP contribution < -0.4 is 5.73 Å². The van der Waals surface area contributed by atoms with E-state index in [1.807, 2.05) is 0 Å². The maximum absolute atomic E-state index is 12.6. The summed E-state index contributed by atoms with van der Waals surface area (Å²) >= 11 is 0. The van der Waals surface area contributed by atoms with Crippen molar-refractivity contribution in [1.82, 2.24) is 0 Å². The molecule has 0 aromatic rings. The van der Waals surface area contributed by atoms with Crippen molar-refractivity contribution in [3.63, 3.8) is 0 Å². The molecule has 10 heteroatoms. The van der Waals surface area contributed by atoms with Gasteiger partial charge in [-0.2, -0.15) is 0 Å². The SMILES string of the molecule is CCCCCCCC/C=C/CCCCCCCCCCCCCC(=O)OC[C@H](COP(=O)(O)OCCN)OC(=O)CCCCCCCCCCCCCCCCCCC. The van der Waals surface area contributed by atoms with E-state index in [4.69, 9.17) is 24.3 Å². The van der Waals surface area contributed by atoms with Gasteiger partial charge in [-0.1, -0.05) is 219 Å². The first kappa shape index (κ1) is 57.8. The molecule has 9 nitrogen and oxygen atoms in total. The monoisotopic (exact) mass is 858 g/mol. The highest BCUT2D eigenvalue weighted by Gasteiger charge is 2.26. The number of esters is 2. The Balaban J connectivity index is 4.01. The average Bonchev–Trinajstić information content (AvgIpc) is 3.22. The van der Waals surface area contributed by atoms with Crippen LogP contribution in [0.15, 0.2) is 12.2 Å². The van der Waals surface area contributed by atoms with Crippen molar-refractivity contribution in [2.45, 2.75) is 264 Å². The topological polar surface area (TPSA) is 134 Å². The maximum atomic E-state index is 12.6. The molecule has 350 valence electrons. The molecule has 3 N–H and O–H groups in total. The zero-order valence-corrected chi connectivity index (χ0v) is 39.7. The first-order valence-electron chi connectivity index (χ1n) is 25.2. The lowest BCUT2D eigenvalue weighted by Gasteiger charge is -2.19. The summed E-state index contributed by atoms with van der Waals surface area (Å²) in [7, 11) is -4.38. The van der Waals surface area contributed by atoms with Gasteiger partial charge in [0.2, 0.25) is 0 Å². The van der Waals surface area contributed by atoms with E-state index >= 15 is 0 Å². The number of hydrogen-bond acceptors (Lipinski definition) is 8. The Labute approximate surface area is 364 Å². The van der Waals surface area contributed by atoms with E-state index in [-0.39, 0.29) is 38.6 Å². The largest absolute Gasteiger partial charge is 0.472 e. The minimum atomic E-state index is -4.38.